The molecule has 0 N–H and O–H groups in total. The van der Waals surface area contributed by atoms with Crippen LogP contribution in [0.1, 0.15) is 39.5 Å². The SMILES string of the molecule is CCc1ccc(/C=C2\Oc3cc(C)c(C)cc3C2=O)cc1. The van der Waals surface area contributed by atoms with Gasteiger partial charge in [-0.05, 0) is 60.7 Å². The number of ketones is 1. The molecule has 2 aromatic rings. The van der Waals surface area contributed by atoms with E-state index >= 15 is 0 Å². The molecule has 0 aromatic heterocycles. The molecule has 2 heteroatoms. The number of hydrogen-bond donors (Lipinski definition) is 0. The van der Waals surface area contributed by atoms with Crippen LogP contribution in [0, 0.1) is 13.8 Å². The van der Waals surface area contributed by atoms with E-state index in [0.717, 1.165) is 23.1 Å². The first-order valence-electron chi connectivity index (χ1n) is 7.23. The first-order chi connectivity index (χ1) is 10.1. The topological polar surface area (TPSA) is 26.3 Å². The van der Waals surface area contributed by atoms with E-state index in [1.54, 1.807) is 0 Å². The van der Waals surface area contributed by atoms with Crippen LogP contribution >= 0.6 is 0 Å². The van der Waals surface area contributed by atoms with Crippen LogP contribution in [0.15, 0.2) is 42.2 Å². The minimum atomic E-state index is -0.0346. The van der Waals surface area contributed by atoms with Crippen LogP contribution < -0.4 is 4.74 Å². The van der Waals surface area contributed by atoms with Gasteiger partial charge in [0.25, 0.3) is 0 Å². The molecule has 0 saturated carbocycles. The van der Waals surface area contributed by atoms with Crippen molar-refractivity contribution in [2.45, 2.75) is 27.2 Å². The number of rotatable bonds is 2. The third-order valence-electron chi connectivity index (χ3n) is 3.97. The van der Waals surface area contributed by atoms with Gasteiger partial charge < -0.3 is 4.74 Å². The summed E-state index contributed by atoms with van der Waals surface area (Å²) in [5.41, 5.74) is 5.17. The van der Waals surface area contributed by atoms with Gasteiger partial charge in [-0.25, -0.2) is 0 Å². The number of carbonyl (C=O) groups is 1. The standard InChI is InChI=1S/C19H18O2/c1-4-14-5-7-15(8-6-14)11-18-19(20)16-9-12(2)13(3)10-17(16)21-18/h5-11H,4H2,1-3H3/b18-11-. The molecule has 3 rings (SSSR count). The number of carbonyl (C=O) groups excluding carboxylic acids is 1. The summed E-state index contributed by atoms with van der Waals surface area (Å²) in [7, 11) is 0. The Balaban J connectivity index is 1.94. The van der Waals surface area contributed by atoms with Crippen molar-refractivity contribution in [3.8, 4) is 5.75 Å². The lowest BCUT2D eigenvalue weighted by atomic mass is 10.0. The van der Waals surface area contributed by atoms with Gasteiger partial charge in [0.15, 0.2) is 5.76 Å². The quantitative estimate of drug-likeness (QED) is 0.757. The van der Waals surface area contributed by atoms with Crippen molar-refractivity contribution in [2.75, 3.05) is 0 Å². The van der Waals surface area contributed by atoms with E-state index in [1.165, 1.54) is 5.56 Å². The van der Waals surface area contributed by atoms with E-state index in [4.69, 9.17) is 4.74 Å². The minimum absolute atomic E-state index is 0.0346. The van der Waals surface area contributed by atoms with Crippen molar-refractivity contribution in [3.05, 3.63) is 70.0 Å². The number of hydrogen-bond acceptors (Lipinski definition) is 2. The Bertz CT molecular complexity index is 737. The highest BCUT2D eigenvalue weighted by molar-refractivity contribution is 6.14. The van der Waals surface area contributed by atoms with Gasteiger partial charge in [0.05, 0.1) is 5.56 Å². The predicted molar refractivity (Wildman–Crippen MR) is 84.7 cm³/mol. The fraction of sp³-hybridized carbons (Fsp3) is 0.211. The van der Waals surface area contributed by atoms with E-state index < -0.39 is 0 Å². The molecule has 1 aliphatic heterocycles. The van der Waals surface area contributed by atoms with Crippen molar-refractivity contribution in [2.24, 2.45) is 0 Å². The number of ether oxygens (including phenoxy) is 1. The molecule has 106 valence electrons. The maximum Gasteiger partial charge on any atom is 0.231 e. The van der Waals surface area contributed by atoms with E-state index in [-0.39, 0.29) is 5.78 Å². The molecular formula is C19H18O2. The highest BCUT2D eigenvalue weighted by Gasteiger charge is 2.27. The number of aryl methyl sites for hydroxylation is 3. The molecule has 0 aliphatic carbocycles. The number of allylic oxidation sites excluding steroid dienone is 1. The molecule has 0 unspecified atom stereocenters. The van der Waals surface area contributed by atoms with Crippen molar-refractivity contribution in [1.29, 1.82) is 0 Å². The molecule has 0 saturated heterocycles. The molecule has 0 bridgehead atoms. The first kappa shape index (κ1) is 13.6. The molecule has 1 heterocycles. The molecule has 0 radical (unpaired) electrons. The second kappa shape index (κ2) is 5.21. The van der Waals surface area contributed by atoms with Crippen molar-refractivity contribution >= 4 is 11.9 Å². The van der Waals surface area contributed by atoms with Crippen molar-refractivity contribution in [1.82, 2.24) is 0 Å². The fourth-order valence-corrected chi connectivity index (χ4v) is 2.45. The average Bonchev–Trinajstić information content (AvgIpc) is 2.77. The number of Topliss-reactive ketones (excluding diaryl/α,β-unsaturated/α-hetero) is 1. The van der Waals surface area contributed by atoms with Crippen LogP contribution in [0.5, 0.6) is 5.75 Å². The molecule has 0 fully saturated rings. The highest BCUT2D eigenvalue weighted by atomic mass is 16.5. The smallest absolute Gasteiger partial charge is 0.231 e. The Hall–Kier alpha value is -2.35. The van der Waals surface area contributed by atoms with Crippen LogP contribution in [-0.4, -0.2) is 5.78 Å². The van der Waals surface area contributed by atoms with Gasteiger partial charge in [0, 0.05) is 0 Å². The van der Waals surface area contributed by atoms with Gasteiger partial charge in [-0.2, -0.15) is 0 Å². The summed E-state index contributed by atoms with van der Waals surface area (Å²) in [6.45, 7) is 6.15. The van der Waals surface area contributed by atoms with Gasteiger partial charge in [-0.3, -0.25) is 4.79 Å². The van der Waals surface area contributed by atoms with E-state index in [9.17, 15) is 4.79 Å². The summed E-state index contributed by atoms with van der Waals surface area (Å²) in [5.74, 6) is 1.03. The summed E-state index contributed by atoms with van der Waals surface area (Å²) in [6, 6.07) is 12.0. The maximum absolute atomic E-state index is 12.4. The largest absolute Gasteiger partial charge is 0.452 e. The molecule has 1 aliphatic rings. The highest BCUT2D eigenvalue weighted by Crippen LogP contribution is 2.34. The molecule has 2 nitrogen and oxygen atoms in total. The molecule has 21 heavy (non-hydrogen) atoms. The van der Waals surface area contributed by atoms with Crippen LogP contribution in [0.3, 0.4) is 0 Å². The molecule has 0 spiro atoms. The Morgan fingerprint density at radius 3 is 2.38 bits per heavy atom. The Morgan fingerprint density at radius 1 is 1.05 bits per heavy atom. The van der Waals surface area contributed by atoms with Crippen LogP contribution in [0.25, 0.3) is 6.08 Å². The lowest BCUT2D eigenvalue weighted by Crippen LogP contribution is -1.98. The first-order valence-corrected chi connectivity index (χ1v) is 7.23. The van der Waals surface area contributed by atoms with E-state index in [2.05, 4.69) is 19.1 Å². The van der Waals surface area contributed by atoms with E-state index in [1.807, 2.05) is 44.2 Å². The summed E-state index contributed by atoms with van der Waals surface area (Å²) >= 11 is 0. The van der Waals surface area contributed by atoms with Gasteiger partial charge in [0.1, 0.15) is 5.75 Å². The number of benzene rings is 2. The zero-order valence-corrected chi connectivity index (χ0v) is 12.6. The lowest BCUT2D eigenvalue weighted by Gasteiger charge is -2.02. The van der Waals surface area contributed by atoms with Gasteiger partial charge in [-0.15, -0.1) is 0 Å². The summed E-state index contributed by atoms with van der Waals surface area (Å²) in [6.07, 6.45) is 2.82. The molecule has 0 amide bonds. The van der Waals surface area contributed by atoms with Crippen LogP contribution in [-0.2, 0) is 6.42 Å². The Labute approximate surface area is 125 Å². The third kappa shape index (κ3) is 2.49. The second-order valence-corrected chi connectivity index (χ2v) is 5.47. The monoisotopic (exact) mass is 278 g/mol. The normalized spacial score (nSPS) is 15.2. The van der Waals surface area contributed by atoms with Gasteiger partial charge >= 0.3 is 0 Å². The lowest BCUT2D eigenvalue weighted by molar-refractivity contribution is 0.101. The average molecular weight is 278 g/mol. The summed E-state index contributed by atoms with van der Waals surface area (Å²) in [5, 5.41) is 0. The zero-order valence-electron chi connectivity index (χ0n) is 12.6. The summed E-state index contributed by atoms with van der Waals surface area (Å²) in [4.78, 5) is 12.4. The van der Waals surface area contributed by atoms with Gasteiger partial charge in [-0.1, -0.05) is 31.2 Å². The van der Waals surface area contributed by atoms with Crippen LogP contribution in [0.2, 0.25) is 0 Å². The third-order valence-corrected chi connectivity index (χ3v) is 3.97. The molecule has 0 atom stereocenters. The molecular weight excluding hydrogens is 260 g/mol. The zero-order chi connectivity index (χ0) is 15.0. The fourth-order valence-electron chi connectivity index (χ4n) is 2.45. The second-order valence-electron chi connectivity index (χ2n) is 5.47. The molecule has 2 aromatic carbocycles. The van der Waals surface area contributed by atoms with Crippen LogP contribution in [0.4, 0.5) is 0 Å². The van der Waals surface area contributed by atoms with Crippen molar-refractivity contribution in [3.63, 3.8) is 0 Å². The predicted octanol–water partition coefficient (Wildman–Crippen LogP) is 4.48. The van der Waals surface area contributed by atoms with Crippen molar-refractivity contribution < 1.29 is 9.53 Å². The Morgan fingerprint density at radius 2 is 1.71 bits per heavy atom. The van der Waals surface area contributed by atoms with E-state index in [0.29, 0.717) is 17.1 Å². The summed E-state index contributed by atoms with van der Waals surface area (Å²) < 4.78 is 5.73. The number of fused-ring (bicyclic) bond motifs is 1. The van der Waals surface area contributed by atoms with Gasteiger partial charge in [0.2, 0.25) is 5.78 Å². The minimum Gasteiger partial charge on any atom is -0.452 e. The maximum atomic E-state index is 12.4. The Kier molecular flexibility index (Phi) is 3.38.